The van der Waals surface area contributed by atoms with Crippen molar-refractivity contribution in [1.29, 1.82) is 0 Å². The van der Waals surface area contributed by atoms with Gasteiger partial charge in [-0.2, -0.15) is 0 Å². The number of nitrogen functional groups attached to an aromatic ring is 1. The third-order valence-corrected chi connectivity index (χ3v) is 2.65. The van der Waals surface area contributed by atoms with Gasteiger partial charge < -0.3 is 15.5 Å². The van der Waals surface area contributed by atoms with Crippen molar-refractivity contribution in [3.05, 3.63) is 29.3 Å². The maximum Gasteiger partial charge on any atom is 0.251 e. The molecule has 4 N–H and O–H groups in total. The summed E-state index contributed by atoms with van der Waals surface area (Å²) >= 11 is 0. The molecule has 0 saturated carbocycles. The minimum atomic E-state index is -0.914. The second-order valence-electron chi connectivity index (χ2n) is 5.04. The molecule has 0 aliphatic heterocycles. The Balaban J connectivity index is 2.42. The van der Waals surface area contributed by atoms with Crippen LogP contribution in [0.25, 0.3) is 0 Å². The van der Waals surface area contributed by atoms with Crippen molar-refractivity contribution in [3.8, 4) is 0 Å². The number of carbonyl (C=O) groups excluding carboxylic acids is 1. The fraction of sp³-hybridized carbons (Fsp3) is 0.500. The molecule has 1 aromatic rings. The number of anilines is 1. The lowest BCUT2D eigenvalue weighted by Crippen LogP contribution is -2.26. The largest absolute Gasteiger partial charge is 0.381 e. The lowest BCUT2D eigenvalue weighted by Gasteiger charge is -2.09. The molecule has 0 unspecified atom stereocenters. The first-order valence-corrected chi connectivity index (χ1v) is 6.77. The minimum absolute atomic E-state index is 0.0906. The van der Waals surface area contributed by atoms with Crippen LogP contribution >= 0.6 is 0 Å². The molecule has 0 spiro atoms. The highest BCUT2D eigenvalue weighted by atomic mass is 19.1. The van der Waals surface area contributed by atoms with Gasteiger partial charge >= 0.3 is 0 Å². The molecular weight excluding hydrogens is 280 g/mol. The van der Waals surface area contributed by atoms with Crippen LogP contribution in [0.5, 0.6) is 0 Å². The van der Waals surface area contributed by atoms with Gasteiger partial charge in [-0.25, -0.2) is 8.78 Å². The fourth-order valence-corrected chi connectivity index (χ4v) is 1.64. The van der Waals surface area contributed by atoms with Gasteiger partial charge in [0.05, 0.1) is 0 Å². The number of hydrazine groups is 1. The zero-order valence-electron chi connectivity index (χ0n) is 12.2. The Kier molecular flexibility index (Phi) is 7.04. The fourth-order valence-electron chi connectivity index (χ4n) is 1.64. The van der Waals surface area contributed by atoms with Crippen LogP contribution in [0.2, 0.25) is 0 Å². The first kappa shape index (κ1) is 17.3. The van der Waals surface area contributed by atoms with Gasteiger partial charge in [0, 0.05) is 25.3 Å². The van der Waals surface area contributed by atoms with E-state index < -0.39 is 23.2 Å². The number of carbonyl (C=O) groups is 1. The molecule has 0 saturated heterocycles. The summed E-state index contributed by atoms with van der Waals surface area (Å²) in [6.07, 6.45) is 0.631. The van der Waals surface area contributed by atoms with Gasteiger partial charge in [-0.1, -0.05) is 13.8 Å². The SMILES string of the molecule is CC(C)COCCCNC(=O)c1cc(F)c(NN)c(F)c1. The maximum absolute atomic E-state index is 13.5. The molecular formula is C14H21F2N3O2. The Morgan fingerprint density at radius 3 is 2.48 bits per heavy atom. The van der Waals surface area contributed by atoms with E-state index in [2.05, 4.69) is 5.32 Å². The van der Waals surface area contributed by atoms with Gasteiger partial charge in [0.1, 0.15) is 5.69 Å². The van der Waals surface area contributed by atoms with Crippen molar-refractivity contribution in [2.75, 3.05) is 25.2 Å². The molecule has 0 bridgehead atoms. The standard InChI is InChI=1S/C14H21F2N3O2/c1-9(2)8-21-5-3-4-18-14(20)10-6-11(15)13(19-17)12(16)7-10/h6-7,9,19H,3-5,8,17H2,1-2H3,(H,18,20). The van der Waals surface area contributed by atoms with Crippen LogP contribution in [-0.4, -0.2) is 25.7 Å². The first-order valence-electron chi connectivity index (χ1n) is 6.77. The summed E-state index contributed by atoms with van der Waals surface area (Å²) in [5.41, 5.74) is 1.35. The van der Waals surface area contributed by atoms with Crippen molar-refractivity contribution < 1.29 is 18.3 Å². The van der Waals surface area contributed by atoms with Gasteiger partial charge in [0.15, 0.2) is 11.6 Å². The molecule has 0 atom stereocenters. The number of nitrogens with one attached hydrogen (secondary N) is 2. The van der Waals surface area contributed by atoms with Crippen LogP contribution in [0.4, 0.5) is 14.5 Å². The van der Waals surface area contributed by atoms with Crippen molar-refractivity contribution in [2.24, 2.45) is 11.8 Å². The van der Waals surface area contributed by atoms with Crippen LogP contribution < -0.4 is 16.6 Å². The van der Waals surface area contributed by atoms with Gasteiger partial charge in [-0.3, -0.25) is 10.6 Å². The normalized spacial score (nSPS) is 10.8. The molecule has 0 aliphatic rings. The summed E-state index contributed by atoms with van der Waals surface area (Å²) in [6.45, 7) is 5.65. The van der Waals surface area contributed by atoms with E-state index in [9.17, 15) is 13.6 Å². The predicted molar refractivity (Wildman–Crippen MR) is 76.8 cm³/mol. The third-order valence-electron chi connectivity index (χ3n) is 2.65. The van der Waals surface area contributed by atoms with Gasteiger partial charge in [0.2, 0.25) is 0 Å². The highest BCUT2D eigenvalue weighted by Crippen LogP contribution is 2.19. The van der Waals surface area contributed by atoms with E-state index in [4.69, 9.17) is 10.6 Å². The molecule has 0 radical (unpaired) electrons. The van der Waals surface area contributed by atoms with Crippen LogP contribution in [0.1, 0.15) is 30.6 Å². The summed E-state index contributed by atoms with van der Waals surface area (Å²) in [5.74, 6) is 3.07. The molecule has 5 nitrogen and oxygen atoms in total. The lowest BCUT2D eigenvalue weighted by atomic mass is 10.1. The Morgan fingerprint density at radius 2 is 1.95 bits per heavy atom. The molecule has 21 heavy (non-hydrogen) atoms. The van der Waals surface area contributed by atoms with E-state index >= 15 is 0 Å². The van der Waals surface area contributed by atoms with Gasteiger partial charge in [-0.15, -0.1) is 0 Å². The van der Waals surface area contributed by atoms with Gasteiger partial charge in [0.25, 0.3) is 5.91 Å². The van der Waals surface area contributed by atoms with Crippen molar-refractivity contribution >= 4 is 11.6 Å². The average molecular weight is 301 g/mol. The third kappa shape index (κ3) is 5.65. The Bertz CT molecular complexity index is 458. The predicted octanol–water partition coefficient (Wildman–Crippen LogP) is 2.04. The van der Waals surface area contributed by atoms with Crippen LogP contribution in [0, 0.1) is 17.6 Å². The van der Waals surface area contributed by atoms with Crippen LogP contribution in [0.15, 0.2) is 12.1 Å². The number of nitrogens with two attached hydrogens (primary N) is 1. The van der Waals surface area contributed by atoms with E-state index in [1.54, 1.807) is 0 Å². The molecule has 0 aliphatic carbocycles. The number of hydrogen-bond donors (Lipinski definition) is 3. The Labute approximate surface area is 122 Å². The maximum atomic E-state index is 13.5. The summed E-state index contributed by atoms with van der Waals surface area (Å²) in [7, 11) is 0. The molecule has 0 fully saturated rings. The molecule has 1 rings (SSSR count). The first-order chi connectivity index (χ1) is 9.95. The van der Waals surface area contributed by atoms with E-state index in [1.807, 2.05) is 19.3 Å². The molecule has 118 valence electrons. The average Bonchev–Trinajstić information content (AvgIpc) is 2.41. The number of benzene rings is 1. The second kappa shape index (κ2) is 8.53. The van der Waals surface area contributed by atoms with Crippen molar-refractivity contribution in [2.45, 2.75) is 20.3 Å². The zero-order chi connectivity index (χ0) is 15.8. The summed E-state index contributed by atoms with van der Waals surface area (Å²) in [6, 6.07) is 1.87. The lowest BCUT2D eigenvalue weighted by molar-refractivity contribution is 0.0924. The number of rotatable bonds is 8. The summed E-state index contributed by atoms with van der Waals surface area (Å²) in [4.78, 5) is 11.8. The Hall–Kier alpha value is -1.73. The van der Waals surface area contributed by atoms with E-state index in [0.717, 1.165) is 12.1 Å². The topological polar surface area (TPSA) is 76.4 Å². The number of amides is 1. The van der Waals surface area contributed by atoms with Crippen molar-refractivity contribution in [3.63, 3.8) is 0 Å². The highest BCUT2D eigenvalue weighted by molar-refractivity contribution is 5.94. The zero-order valence-corrected chi connectivity index (χ0v) is 12.2. The summed E-state index contributed by atoms with van der Waals surface area (Å²) < 4.78 is 32.3. The van der Waals surface area contributed by atoms with E-state index in [-0.39, 0.29) is 5.56 Å². The highest BCUT2D eigenvalue weighted by Gasteiger charge is 2.14. The minimum Gasteiger partial charge on any atom is -0.381 e. The Morgan fingerprint density at radius 1 is 1.33 bits per heavy atom. The molecule has 1 amide bonds. The summed E-state index contributed by atoms with van der Waals surface area (Å²) in [5, 5.41) is 2.58. The van der Waals surface area contributed by atoms with Crippen LogP contribution in [-0.2, 0) is 4.74 Å². The van der Waals surface area contributed by atoms with Crippen molar-refractivity contribution in [1.82, 2.24) is 5.32 Å². The molecule has 0 heterocycles. The molecule has 0 aromatic heterocycles. The second-order valence-corrected chi connectivity index (χ2v) is 5.04. The van der Waals surface area contributed by atoms with E-state index in [0.29, 0.717) is 32.1 Å². The van der Waals surface area contributed by atoms with Crippen LogP contribution in [0.3, 0.4) is 0 Å². The van der Waals surface area contributed by atoms with Gasteiger partial charge in [-0.05, 0) is 24.5 Å². The quantitative estimate of drug-likeness (QED) is 0.390. The number of hydrogen-bond acceptors (Lipinski definition) is 4. The smallest absolute Gasteiger partial charge is 0.251 e. The monoisotopic (exact) mass is 301 g/mol. The molecule has 7 heteroatoms. The molecule has 1 aromatic carbocycles. The van der Waals surface area contributed by atoms with E-state index in [1.165, 1.54) is 0 Å². The number of halogens is 2. The number of ether oxygens (including phenoxy) is 1.